The first-order valence-electron chi connectivity index (χ1n) is 6.79. The normalized spacial score (nSPS) is 12.5. The summed E-state index contributed by atoms with van der Waals surface area (Å²) in [5.41, 5.74) is 1.08. The van der Waals surface area contributed by atoms with Crippen molar-refractivity contribution in [2.75, 3.05) is 6.54 Å². The van der Waals surface area contributed by atoms with Crippen molar-refractivity contribution in [3.05, 3.63) is 46.4 Å². The summed E-state index contributed by atoms with van der Waals surface area (Å²) in [4.78, 5) is 4.85. The van der Waals surface area contributed by atoms with Gasteiger partial charge in [-0.3, -0.25) is 0 Å². The molecule has 2 rings (SSSR count). The Balaban J connectivity index is 1.94. The van der Waals surface area contributed by atoms with E-state index >= 15 is 0 Å². The molecule has 0 aliphatic carbocycles. The van der Waals surface area contributed by atoms with Crippen LogP contribution in [-0.4, -0.2) is 19.9 Å². The number of sulfonamides is 1. The molecular weight excluding hydrogens is 304 g/mol. The average molecular weight is 324 g/mol. The molecule has 0 fully saturated rings. The lowest BCUT2D eigenvalue weighted by atomic mass is 9.93. The summed E-state index contributed by atoms with van der Waals surface area (Å²) in [5.74, 6) is 0. The summed E-state index contributed by atoms with van der Waals surface area (Å²) in [7, 11) is -3.43. The number of aromatic nitrogens is 1. The maximum atomic E-state index is 12.1. The number of thiazole rings is 1. The molecule has 1 aromatic heterocycles. The van der Waals surface area contributed by atoms with Crippen molar-refractivity contribution in [2.45, 2.75) is 37.5 Å². The van der Waals surface area contributed by atoms with Crippen molar-refractivity contribution in [1.82, 2.24) is 9.71 Å². The number of nitrogens with one attached hydrogen (secondary N) is 1. The van der Waals surface area contributed by atoms with Crippen LogP contribution in [0.25, 0.3) is 0 Å². The Kier molecular flexibility index (Phi) is 4.81. The Hall–Kier alpha value is -1.24. The molecule has 6 heteroatoms. The van der Waals surface area contributed by atoms with Gasteiger partial charge in [0.25, 0.3) is 0 Å². The molecule has 114 valence electrons. The van der Waals surface area contributed by atoms with Gasteiger partial charge in [0.15, 0.2) is 0 Å². The smallest absolute Gasteiger partial charge is 0.240 e. The molecule has 0 saturated carbocycles. The Morgan fingerprint density at radius 1 is 1.19 bits per heavy atom. The second-order valence-electron chi connectivity index (χ2n) is 5.84. The highest BCUT2D eigenvalue weighted by atomic mass is 32.2. The van der Waals surface area contributed by atoms with Crippen LogP contribution >= 0.6 is 11.3 Å². The average Bonchev–Trinajstić information content (AvgIpc) is 2.88. The molecule has 1 heterocycles. The van der Waals surface area contributed by atoms with E-state index in [9.17, 15) is 8.42 Å². The second-order valence-corrected chi connectivity index (χ2v) is 8.55. The van der Waals surface area contributed by atoms with E-state index in [-0.39, 0.29) is 5.41 Å². The predicted molar refractivity (Wildman–Crippen MR) is 86.1 cm³/mol. The van der Waals surface area contributed by atoms with Crippen LogP contribution in [0, 0.1) is 0 Å². The molecule has 0 saturated heterocycles. The monoisotopic (exact) mass is 324 g/mol. The van der Waals surface area contributed by atoms with E-state index in [1.165, 1.54) is 0 Å². The fourth-order valence-corrected chi connectivity index (χ4v) is 3.82. The highest BCUT2D eigenvalue weighted by molar-refractivity contribution is 7.89. The predicted octanol–water partition coefficient (Wildman–Crippen LogP) is 2.96. The zero-order valence-corrected chi connectivity index (χ0v) is 14.1. The van der Waals surface area contributed by atoms with E-state index in [4.69, 9.17) is 0 Å². The summed E-state index contributed by atoms with van der Waals surface area (Å²) in [6, 6.07) is 8.39. The molecule has 21 heavy (non-hydrogen) atoms. The van der Waals surface area contributed by atoms with E-state index in [0.717, 1.165) is 10.7 Å². The Labute approximate surface area is 130 Å². The van der Waals surface area contributed by atoms with Gasteiger partial charge in [-0.25, -0.2) is 18.1 Å². The number of benzene rings is 1. The highest BCUT2D eigenvalue weighted by Gasteiger charge is 2.18. The molecule has 1 N–H and O–H groups in total. The largest absolute Gasteiger partial charge is 0.246 e. The van der Waals surface area contributed by atoms with Gasteiger partial charge in [0.1, 0.15) is 0 Å². The van der Waals surface area contributed by atoms with Crippen LogP contribution in [-0.2, 0) is 21.9 Å². The molecule has 4 nitrogen and oxygen atoms in total. The van der Waals surface area contributed by atoms with Crippen molar-refractivity contribution >= 4 is 21.4 Å². The van der Waals surface area contributed by atoms with Crippen molar-refractivity contribution in [2.24, 2.45) is 0 Å². The summed E-state index contributed by atoms with van der Waals surface area (Å²) < 4.78 is 26.7. The fourth-order valence-electron chi connectivity index (χ4n) is 1.75. The molecule has 0 spiro atoms. The van der Waals surface area contributed by atoms with Crippen molar-refractivity contribution in [3.63, 3.8) is 0 Å². The summed E-state index contributed by atoms with van der Waals surface area (Å²) in [6.45, 7) is 6.70. The minimum atomic E-state index is -3.43. The van der Waals surface area contributed by atoms with Crippen LogP contribution in [0.5, 0.6) is 0 Å². The van der Waals surface area contributed by atoms with E-state index in [2.05, 4.69) is 30.5 Å². The van der Waals surface area contributed by atoms with Crippen LogP contribution < -0.4 is 4.72 Å². The van der Waals surface area contributed by atoms with E-state index in [1.54, 1.807) is 41.7 Å². The lowest BCUT2D eigenvalue weighted by Gasteiger charge is -2.14. The first-order valence-corrected chi connectivity index (χ1v) is 9.15. The summed E-state index contributed by atoms with van der Waals surface area (Å²) >= 11 is 1.58. The third-order valence-electron chi connectivity index (χ3n) is 3.00. The van der Waals surface area contributed by atoms with E-state index in [0.29, 0.717) is 17.9 Å². The van der Waals surface area contributed by atoms with Gasteiger partial charge in [0.2, 0.25) is 10.0 Å². The molecule has 1 aromatic carbocycles. The first kappa shape index (κ1) is 16.1. The van der Waals surface area contributed by atoms with Gasteiger partial charge in [-0.1, -0.05) is 39.0 Å². The standard InChI is InChI=1S/C15H20N2O2S2/c1-15(2,3)13-11-20-14(17-13)9-10-16-21(18,19)12-7-5-4-6-8-12/h4-8,11,16H,9-10H2,1-3H3. The quantitative estimate of drug-likeness (QED) is 0.920. The lowest BCUT2D eigenvalue weighted by molar-refractivity contribution is 0.569. The van der Waals surface area contributed by atoms with Gasteiger partial charge in [-0.15, -0.1) is 11.3 Å². The third kappa shape index (κ3) is 4.36. The molecule has 2 aromatic rings. The number of nitrogens with zero attached hydrogens (tertiary/aromatic N) is 1. The van der Waals surface area contributed by atoms with Crippen LogP contribution in [0.3, 0.4) is 0 Å². The zero-order chi connectivity index (χ0) is 15.5. The number of hydrogen-bond donors (Lipinski definition) is 1. The van der Waals surface area contributed by atoms with Crippen LogP contribution in [0.4, 0.5) is 0 Å². The van der Waals surface area contributed by atoms with E-state index in [1.807, 2.05) is 5.38 Å². The molecule has 0 radical (unpaired) electrons. The molecule has 0 aliphatic heterocycles. The zero-order valence-electron chi connectivity index (χ0n) is 12.5. The molecule has 0 bridgehead atoms. The molecule has 0 aliphatic rings. The van der Waals surface area contributed by atoms with Gasteiger partial charge in [0.05, 0.1) is 15.6 Å². The van der Waals surface area contributed by atoms with Crippen molar-refractivity contribution in [3.8, 4) is 0 Å². The summed E-state index contributed by atoms with van der Waals surface area (Å²) in [5, 5.41) is 3.00. The topological polar surface area (TPSA) is 59.1 Å². The first-order chi connectivity index (χ1) is 9.79. The number of rotatable bonds is 5. The van der Waals surface area contributed by atoms with Crippen LogP contribution in [0.1, 0.15) is 31.5 Å². The van der Waals surface area contributed by atoms with Crippen LogP contribution in [0.15, 0.2) is 40.6 Å². The maximum Gasteiger partial charge on any atom is 0.240 e. The van der Waals surface area contributed by atoms with Crippen LogP contribution in [0.2, 0.25) is 0 Å². The minimum absolute atomic E-state index is 0.0261. The third-order valence-corrected chi connectivity index (χ3v) is 5.39. The Morgan fingerprint density at radius 2 is 1.86 bits per heavy atom. The number of hydrogen-bond acceptors (Lipinski definition) is 4. The van der Waals surface area contributed by atoms with Gasteiger partial charge >= 0.3 is 0 Å². The fraction of sp³-hybridized carbons (Fsp3) is 0.400. The van der Waals surface area contributed by atoms with Gasteiger partial charge in [-0.05, 0) is 12.1 Å². The van der Waals surface area contributed by atoms with Gasteiger partial charge in [-0.2, -0.15) is 0 Å². The SMILES string of the molecule is CC(C)(C)c1csc(CCNS(=O)(=O)c2ccccc2)n1. The molecule has 0 amide bonds. The lowest BCUT2D eigenvalue weighted by Crippen LogP contribution is -2.26. The molecule has 0 unspecified atom stereocenters. The second kappa shape index (κ2) is 6.25. The van der Waals surface area contributed by atoms with Gasteiger partial charge < -0.3 is 0 Å². The Morgan fingerprint density at radius 3 is 2.43 bits per heavy atom. The molecule has 0 atom stereocenters. The maximum absolute atomic E-state index is 12.1. The highest BCUT2D eigenvalue weighted by Crippen LogP contribution is 2.23. The molecular formula is C15H20N2O2S2. The van der Waals surface area contributed by atoms with Crippen molar-refractivity contribution in [1.29, 1.82) is 0 Å². The van der Waals surface area contributed by atoms with E-state index < -0.39 is 10.0 Å². The summed E-state index contributed by atoms with van der Waals surface area (Å²) in [6.07, 6.45) is 0.604. The Bertz CT molecular complexity index is 686. The van der Waals surface area contributed by atoms with Crippen molar-refractivity contribution < 1.29 is 8.42 Å². The minimum Gasteiger partial charge on any atom is -0.246 e. The van der Waals surface area contributed by atoms with Gasteiger partial charge in [0, 0.05) is 23.8 Å².